The molecule has 0 saturated heterocycles. The molecule has 2 aromatic rings. The minimum absolute atomic E-state index is 0.0632. The molecule has 0 bridgehead atoms. The Labute approximate surface area is 187 Å². The van der Waals surface area contributed by atoms with Crippen LogP contribution in [0.2, 0.25) is 0 Å². The number of carbonyl (C=O) groups excluding carboxylic acids is 2. The Morgan fingerprint density at radius 2 is 1.75 bits per heavy atom. The normalized spacial score (nSPS) is 12.0. The Bertz CT molecular complexity index is 1070. The molecule has 32 heavy (non-hydrogen) atoms. The molecule has 10 nitrogen and oxygen atoms in total. The highest BCUT2D eigenvalue weighted by Crippen LogP contribution is 2.30. The number of phenolic OH excluding ortho intramolecular Hbond substituents is 1. The highest BCUT2D eigenvalue weighted by atomic mass is 32.2. The number of ether oxygens (including phenoxy) is 2. The number of para-hydroxylation sites is 2. The van der Waals surface area contributed by atoms with E-state index >= 15 is 0 Å². The van der Waals surface area contributed by atoms with Gasteiger partial charge in [-0.05, 0) is 42.7 Å². The predicted octanol–water partition coefficient (Wildman–Crippen LogP) is 2.91. The molecule has 0 radical (unpaired) electrons. The molecule has 1 unspecified atom stereocenters. The van der Waals surface area contributed by atoms with E-state index in [2.05, 4.69) is 20.1 Å². The number of nitrogens with one attached hydrogen (secondary N) is 3. The maximum atomic E-state index is 12.8. The largest absolute Gasteiger partial charge is 0.506 e. The van der Waals surface area contributed by atoms with E-state index in [1.807, 2.05) is 13.8 Å². The number of aromatic hydroxyl groups is 1. The van der Waals surface area contributed by atoms with Crippen molar-refractivity contribution in [1.29, 1.82) is 0 Å². The van der Waals surface area contributed by atoms with Gasteiger partial charge in [-0.1, -0.05) is 26.0 Å². The maximum absolute atomic E-state index is 12.8. The smallest absolute Gasteiger partial charge is 0.407 e. The number of hydrogen-bond donors (Lipinski definition) is 4. The van der Waals surface area contributed by atoms with Gasteiger partial charge >= 0.3 is 6.09 Å². The Hall–Kier alpha value is -3.47. The third kappa shape index (κ3) is 6.51. The topological polar surface area (TPSA) is 143 Å². The number of hydrogen-bond acceptors (Lipinski definition) is 7. The van der Waals surface area contributed by atoms with E-state index in [1.165, 1.54) is 26.4 Å². The molecular weight excluding hydrogens is 438 g/mol. The molecule has 0 aromatic heterocycles. The fourth-order valence-electron chi connectivity index (χ4n) is 2.84. The Balaban J connectivity index is 2.29. The second-order valence-electron chi connectivity index (χ2n) is 7.29. The summed E-state index contributed by atoms with van der Waals surface area (Å²) >= 11 is 0. The number of anilines is 2. The van der Waals surface area contributed by atoms with Gasteiger partial charge in [0, 0.05) is 0 Å². The molecule has 2 aromatic carbocycles. The summed E-state index contributed by atoms with van der Waals surface area (Å²) < 4.78 is 37.8. The van der Waals surface area contributed by atoms with Gasteiger partial charge in [0.1, 0.15) is 17.5 Å². The summed E-state index contributed by atoms with van der Waals surface area (Å²) in [4.78, 5) is 24.1. The van der Waals surface area contributed by atoms with Crippen molar-refractivity contribution in [3.05, 3.63) is 42.5 Å². The van der Waals surface area contributed by atoms with Gasteiger partial charge in [0.25, 0.3) is 10.0 Å². The molecule has 0 aliphatic heterocycles. The minimum atomic E-state index is -4.07. The molecule has 174 valence electrons. The summed E-state index contributed by atoms with van der Waals surface area (Å²) in [6.45, 7) is 3.74. The van der Waals surface area contributed by atoms with Gasteiger partial charge in [-0.3, -0.25) is 9.52 Å². The summed E-state index contributed by atoms with van der Waals surface area (Å²) in [5.41, 5.74) is 0.103. The number of benzene rings is 2. The molecule has 1 atom stereocenters. The van der Waals surface area contributed by atoms with E-state index in [-0.39, 0.29) is 27.9 Å². The quantitative estimate of drug-likeness (QED) is 0.417. The lowest BCUT2D eigenvalue weighted by Crippen LogP contribution is -2.44. The van der Waals surface area contributed by atoms with Gasteiger partial charge in [-0.2, -0.15) is 0 Å². The van der Waals surface area contributed by atoms with Crippen molar-refractivity contribution < 1.29 is 32.6 Å². The zero-order valence-corrected chi connectivity index (χ0v) is 19.0. The van der Waals surface area contributed by atoms with E-state index < -0.39 is 28.1 Å². The fraction of sp³-hybridized carbons (Fsp3) is 0.333. The van der Waals surface area contributed by atoms with Crippen LogP contribution in [0.15, 0.2) is 47.4 Å². The minimum Gasteiger partial charge on any atom is -0.506 e. The average Bonchev–Trinajstić information content (AvgIpc) is 2.74. The number of rotatable bonds is 9. The van der Waals surface area contributed by atoms with Crippen LogP contribution >= 0.6 is 0 Å². The SMILES string of the molecule is COC(=O)NC(CC(C)C)C(=O)Nc1cc(S(=O)(=O)Nc2ccccc2OC)ccc1O. The van der Waals surface area contributed by atoms with Crippen molar-refractivity contribution in [3.8, 4) is 11.5 Å². The van der Waals surface area contributed by atoms with Gasteiger partial charge < -0.3 is 25.2 Å². The van der Waals surface area contributed by atoms with Gasteiger partial charge in [-0.15, -0.1) is 0 Å². The maximum Gasteiger partial charge on any atom is 0.407 e. The monoisotopic (exact) mass is 465 g/mol. The standard InChI is InChI=1S/C21H27N3O7S/c1-13(2)11-17(23-21(27)31-4)20(26)22-16-12-14(9-10-18(16)25)32(28,29)24-15-7-5-6-8-19(15)30-3/h5-10,12-13,17,24-25H,11H2,1-4H3,(H,22,26)(H,23,27). The Morgan fingerprint density at radius 1 is 1.06 bits per heavy atom. The van der Waals surface area contributed by atoms with Gasteiger partial charge in [0.05, 0.1) is 30.5 Å². The second-order valence-corrected chi connectivity index (χ2v) is 8.97. The van der Waals surface area contributed by atoms with E-state index in [1.54, 1.807) is 18.2 Å². The van der Waals surface area contributed by atoms with Crippen LogP contribution in [0.25, 0.3) is 0 Å². The van der Waals surface area contributed by atoms with Crippen LogP contribution in [0.4, 0.5) is 16.2 Å². The molecule has 0 fully saturated rings. The number of alkyl carbamates (subject to hydrolysis) is 1. The molecule has 0 aliphatic rings. The first-order chi connectivity index (χ1) is 15.1. The lowest BCUT2D eigenvalue weighted by atomic mass is 10.0. The lowest BCUT2D eigenvalue weighted by Gasteiger charge is -2.20. The average molecular weight is 466 g/mol. The number of carbonyl (C=O) groups is 2. The number of methoxy groups -OCH3 is 2. The number of sulfonamides is 1. The van der Waals surface area contributed by atoms with Gasteiger partial charge in [0.2, 0.25) is 5.91 Å². The summed E-state index contributed by atoms with van der Waals surface area (Å²) in [7, 11) is -1.48. The second kappa shape index (κ2) is 10.7. The van der Waals surface area contributed by atoms with Crippen LogP contribution in [0.3, 0.4) is 0 Å². The van der Waals surface area contributed by atoms with Crippen molar-refractivity contribution in [1.82, 2.24) is 5.32 Å². The van der Waals surface area contributed by atoms with Crippen LogP contribution in [0.1, 0.15) is 20.3 Å². The summed E-state index contributed by atoms with van der Waals surface area (Å²) in [6.07, 6.45) is -0.484. The van der Waals surface area contributed by atoms with Crippen LogP contribution in [0.5, 0.6) is 11.5 Å². The third-order valence-electron chi connectivity index (χ3n) is 4.39. The molecule has 0 aliphatic carbocycles. The molecule has 0 heterocycles. The highest BCUT2D eigenvalue weighted by molar-refractivity contribution is 7.92. The molecule has 0 saturated carbocycles. The third-order valence-corrected chi connectivity index (χ3v) is 5.75. The van der Waals surface area contributed by atoms with Crippen LogP contribution in [-0.2, 0) is 19.6 Å². The Kier molecular flexibility index (Phi) is 8.30. The van der Waals surface area contributed by atoms with Crippen molar-refractivity contribution >= 4 is 33.4 Å². The molecule has 2 rings (SSSR count). The van der Waals surface area contributed by atoms with Gasteiger partial charge in [0.15, 0.2) is 0 Å². The summed E-state index contributed by atoms with van der Waals surface area (Å²) in [5, 5.41) is 15.0. The lowest BCUT2D eigenvalue weighted by molar-refractivity contribution is -0.118. The zero-order chi connectivity index (χ0) is 23.9. The van der Waals surface area contributed by atoms with Crippen molar-refractivity contribution in [2.75, 3.05) is 24.3 Å². The first-order valence-electron chi connectivity index (χ1n) is 9.71. The Morgan fingerprint density at radius 3 is 2.38 bits per heavy atom. The number of phenols is 1. The van der Waals surface area contributed by atoms with E-state index in [9.17, 15) is 23.1 Å². The molecule has 2 amide bonds. The molecular formula is C21H27N3O7S. The van der Waals surface area contributed by atoms with E-state index in [4.69, 9.17) is 4.74 Å². The van der Waals surface area contributed by atoms with Crippen LogP contribution in [-0.4, -0.2) is 45.8 Å². The summed E-state index contributed by atoms with van der Waals surface area (Å²) in [6, 6.07) is 8.99. The fourth-order valence-corrected chi connectivity index (χ4v) is 3.94. The molecule has 11 heteroatoms. The van der Waals surface area contributed by atoms with Crippen LogP contribution < -0.4 is 20.1 Å². The van der Waals surface area contributed by atoms with E-state index in [0.29, 0.717) is 12.2 Å². The van der Waals surface area contributed by atoms with Gasteiger partial charge in [-0.25, -0.2) is 13.2 Å². The predicted molar refractivity (Wildman–Crippen MR) is 119 cm³/mol. The first-order valence-corrected chi connectivity index (χ1v) is 11.2. The number of amides is 2. The van der Waals surface area contributed by atoms with Crippen molar-refractivity contribution in [2.45, 2.75) is 31.2 Å². The van der Waals surface area contributed by atoms with E-state index in [0.717, 1.165) is 12.1 Å². The van der Waals surface area contributed by atoms with Crippen molar-refractivity contribution in [3.63, 3.8) is 0 Å². The zero-order valence-electron chi connectivity index (χ0n) is 18.2. The first kappa shape index (κ1) is 24.8. The molecule has 4 N–H and O–H groups in total. The van der Waals surface area contributed by atoms with Crippen LogP contribution in [0, 0.1) is 5.92 Å². The molecule has 0 spiro atoms. The highest BCUT2D eigenvalue weighted by Gasteiger charge is 2.24. The summed E-state index contributed by atoms with van der Waals surface area (Å²) in [5.74, 6) is -0.579. The van der Waals surface area contributed by atoms with Crippen molar-refractivity contribution in [2.24, 2.45) is 5.92 Å².